The van der Waals surface area contributed by atoms with Gasteiger partial charge in [-0.05, 0) is 19.3 Å². The predicted molar refractivity (Wildman–Crippen MR) is 73.3 cm³/mol. The first-order valence-corrected chi connectivity index (χ1v) is 7.66. The molecule has 1 N–H and O–H groups in total. The molecule has 0 bridgehead atoms. The van der Waals surface area contributed by atoms with E-state index in [0.29, 0.717) is 18.1 Å². The van der Waals surface area contributed by atoms with Gasteiger partial charge in [0.1, 0.15) is 5.01 Å². The summed E-state index contributed by atoms with van der Waals surface area (Å²) in [5.74, 6) is -1.44. The second kappa shape index (κ2) is 6.59. The molecule has 0 aliphatic carbocycles. The van der Waals surface area contributed by atoms with Crippen molar-refractivity contribution in [1.82, 2.24) is 15.1 Å². The van der Waals surface area contributed by atoms with Crippen LogP contribution in [-0.2, 0) is 6.42 Å². The van der Waals surface area contributed by atoms with Crippen LogP contribution in [0.2, 0.25) is 0 Å². The number of nitrogens with one attached hydrogen (secondary N) is 1. The Hall–Kier alpha value is -1.38. The van der Waals surface area contributed by atoms with Gasteiger partial charge < -0.3 is 4.90 Å². The van der Waals surface area contributed by atoms with Crippen molar-refractivity contribution in [1.29, 1.82) is 0 Å². The molecular weight excluding hydrogens is 305 g/mol. The summed E-state index contributed by atoms with van der Waals surface area (Å²) in [6.07, 6.45) is -2.13. The molecule has 9 heteroatoms. The van der Waals surface area contributed by atoms with E-state index in [1.54, 1.807) is 0 Å². The maximum Gasteiger partial charge on any atom is 0.393 e. The normalized spacial score (nSPS) is 19.6. The van der Waals surface area contributed by atoms with Crippen LogP contribution in [0, 0.1) is 5.92 Å². The van der Waals surface area contributed by atoms with Crippen molar-refractivity contribution >= 4 is 22.5 Å². The van der Waals surface area contributed by atoms with E-state index in [1.807, 2.05) is 6.92 Å². The van der Waals surface area contributed by atoms with Crippen molar-refractivity contribution in [2.45, 2.75) is 38.8 Å². The second-order valence-electron chi connectivity index (χ2n) is 5.01. The minimum Gasteiger partial charge on any atom is -0.324 e. The average molecular weight is 322 g/mol. The molecule has 0 saturated carbocycles. The van der Waals surface area contributed by atoms with Gasteiger partial charge in [0.2, 0.25) is 5.13 Å². The zero-order chi connectivity index (χ0) is 15.5. The number of halogens is 3. The number of hydrogen-bond donors (Lipinski definition) is 1. The van der Waals surface area contributed by atoms with Crippen LogP contribution in [0.4, 0.5) is 23.1 Å². The molecule has 1 fully saturated rings. The summed E-state index contributed by atoms with van der Waals surface area (Å²) in [5.41, 5.74) is 0. The standard InChI is InChI=1S/C12H17F3N4OS/c1-2-4-9-17-18-10(21-9)16-11(20)19-6-3-5-8(7-19)12(13,14)15/h8H,2-7H2,1H3,(H,16,18,20)/t8-/m0/s1. The third kappa shape index (κ3) is 4.29. The van der Waals surface area contributed by atoms with Crippen molar-refractivity contribution in [3.8, 4) is 0 Å². The van der Waals surface area contributed by atoms with Crippen LogP contribution in [0.5, 0.6) is 0 Å². The van der Waals surface area contributed by atoms with Gasteiger partial charge in [0, 0.05) is 19.5 Å². The Morgan fingerprint density at radius 2 is 2.24 bits per heavy atom. The van der Waals surface area contributed by atoms with E-state index in [2.05, 4.69) is 15.5 Å². The Morgan fingerprint density at radius 3 is 2.90 bits per heavy atom. The SMILES string of the molecule is CCCc1nnc(NC(=O)N2CCC[C@H](C(F)(F)F)C2)s1. The molecule has 5 nitrogen and oxygen atoms in total. The third-order valence-corrected chi connectivity index (χ3v) is 4.21. The monoisotopic (exact) mass is 322 g/mol. The van der Waals surface area contributed by atoms with Gasteiger partial charge in [-0.25, -0.2) is 4.79 Å². The summed E-state index contributed by atoms with van der Waals surface area (Å²) in [7, 11) is 0. The zero-order valence-corrected chi connectivity index (χ0v) is 12.4. The Bertz CT molecular complexity index is 491. The number of rotatable bonds is 3. The van der Waals surface area contributed by atoms with Crippen molar-refractivity contribution in [2.24, 2.45) is 5.92 Å². The number of anilines is 1. The number of piperidine rings is 1. The molecule has 0 spiro atoms. The Balaban J connectivity index is 1.93. The predicted octanol–water partition coefficient (Wildman–Crippen LogP) is 3.30. The number of aromatic nitrogens is 2. The summed E-state index contributed by atoms with van der Waals surface area (Å²) in [6, 6.07) is -0.539. The van der Waals surface area contributed by atoms with Gasteiger partial charge in [-0.2, -0.15) is 13.2 Å². The van der Waals surface area contributed by atoms with Gasteiger partial charge in [-0.3, -0.25) is 5.32 Å². The molecule has 21 heavy (non-hydrogen) atoms. The lowest BCUT2D eigenvalue weighted by Crippen LogP contribution is -2.46. The van der Waals surface area contributed by atoms with Crippen molar-refractivity contribution in [3.63, 3.8) is 0 Å². The van der Waals surface area contributed by atoms with Crippen LogP contribution in [-0.4, -0.2) is 40.4 Å². The molecule has 2 heterocycles. The molecule has 1 atom stereocenters. The minimum atomic E-state index is -4.25. The highest BCUT2D eigenvalue weighted by molar-refractivity contribution is 7.15. The Kier molecular flexibility index (Phi) is 5.02. The first kappa shape index (κ1) is 16.0. The number of amides is 2. The lowest BCUT2D eigenvalue weighted by molar-refractivity contribution is -0.183. The number of alkyl halides is 3. The lowest BCUT2D eigenvalue weighted by Gasteiger charge is -2.33. The fourth-order valence-corrected chi connectivity index (χ4v) is 3.05. The molecule has 0 radical (unpaired) electrons. The summed E-state index contributed by atoms with van der Waals surface area (Å²) in [4.78, 5) is 13.2. The first-order valence-electron chi connectivity index (χ1n) is 6.85. The summed E-state index contributed by atoms with van der Waals surface area (Å²) in [6.45, 7) is 2.04. The number of likely N-dealkylation sites (tertiary alicyclic amines) is 1. The molecule has 1 aromatic rings. The molecular formula is C12H17F3N4OS. The van der Waals surface area contributed by atoms with Crippen LogP contribution in [0.3, 0.4) is 0 Å². The van der Waals surface area contributed by atoms with Gasteiger partial charge in [0.05, 0.1) is 5.92 Å². The highest BCUT2D eigenvalue weighted by atomic mass is 32.1. The van der Waals surface area contributed by atoms with Crippen LogP contribution in [0.1, 0.15) is 31.2 Å². The van der Waals surface area contributed by atoms with Crippen molar-refractivity contribution < 1.29 is 18.0 Å². The molecule has 1 saturated heterocycles. The Morgan fingerprint density at radius 1 is 1.48 bits per heavy atom. The van der Waals surface area contributed by atoms with Gasteiger partial charge in [0.15, 0.2) is 0 Å². The average Bonchev–Trinajstić information content (AvgIpc) is 2.86. The molecule has 0 aromatic carbocycles. The fraction of sp³-hybridized carbons (Fsp3) is 0.750. The van der Waals surface area contributed by atoms with E-state index in [0.717, 1.165) is 17.8 Å². The van der Waals surface area contributed by atoms with E-state index in [1.165, 1.54) is 16.2 Å². The second-order valence-corrected chi connectivity index (χ2v) is 6.07. The van der Waals surface area contributed by atoms with E-state index in [9.17, 15) is 18.0 Å². The largest absolute Gasteiger partial charge is 0.393 e. The third-order valence-electron chi connectivity index (χ3n) is 3.32. The molecule has 0 unspecified atom stereocenters. The van der Waals surface area contributed by atoms with Gasteiger partial charge >= 0.3 is 12.2 Å². The van der Waals surface area contributed by atoms with Gasteiger partial charge in [0.25, 0.3) is 0 Å². The summed E-state index contributed by atoms with van der Waals surface area (Å²) < 4.78 is 38.1. The van der Waals surface area contributed by atoms with Crippen LogP contribution in [0.15, 0.2) is 0 Å². The molecule has 118 valence electrons. The quantitative estimate of drug-likeness (QED) is 0.929. The van der Waals surface area contributed by atoms with E-state index < -0.39 is 18.1 Å². The number of nitrogens with zero attached hydrogens (tertiary/aromatic N) is 3. The zero-order valence-electron chi connectivity index (χ0n) is 11.6. The number of carbonyl (C=O) groups is 1. The van der Waals surface area contributed by atoms with E-state index >= 15 is 0 Å². The van der Waals surface area contributed by atoms with E-state index in [4.69, 9.17) is 0 Å². The molecule has 1 aliphatic rings. The van der Waals surface area contributed by atoms with Gasteiger partial charge in [-0.15, -0.1) is 10.2 Å². The van der Waals surface area contributed by atoms with Crippen molar-refractivity contribution in [2.75, 3.05) is 18.4 Å². The number of hydrogen-bond acceptors (Lipinski definition) is 4. The molecule has 2 rings (SSSR count). The molecule has 1 aliphatic heterocycles. The fourth-order valence-electron chi connectivity index (χ4n) is 2.22. The highest BCUT2D eigenvalue weighted by Crippen LogP contribution is 2.33. The Labute approximate surface area is 124 Å². The number of aryl methyl sites for hydroxylation is 1. The number of carbonyl (C=O) groups excluding carboxylic acids is 1. The van der Waals surface area contributed by atoms with Crippen LogP contribution in [0.25, 0.3) is 0 Å². The molecule has 2 amide bonds. The smallest absolute Gasteiger partial charge is 0.324 e. The van der Waals surface area contributed by atoms with Crippen molar-refractivity contribution in [3.05, 3.63) is 5.01 Å². The maximum absolute atomic E-state index is 12.7. The highest BCUT2D eigenvalue weighted by Gasteiger charge is 2.42. The maximum atomic E-state index is 12.7. The van der Waals surface area contributed by atoms with Crippen LogP contribution >= 0.6 is 11.3 Å². The molecule has 1 aromatic heterocycles. The first-order chi connectivity index (χ1) is 9.90. The summed E-state index contributed by atoms with van der Waals surface area (Å²) >= 11 is 1.25. The van der Waals surface area contributed by atoms with E-state index in [-0.39, 0.29) is 13.0 Å². The number of urea groups is 1. The lowest BCUT2D eigenvalue weighted by atomic mass is 9.98. The van der Waals surface area contributed by atoms with Crippen LogP contribution < -0.4 is 5.32 Å². The topological polar surface area (TPSA) is 58.1 Å². The van der Waals surface area contributed by atoms with Gasteiger partial charge in [-0.1, -0.05) is 18.3 Å². The minimum absolute atomic E-state index is 0.0761. The summed E-state index contributed by atoms with van der Waals surface area (Å²) in [5, 5.41) is 11.4.